The van der Waals surface area contributed by atoms with E-state index in [0.717, 1.165) is 49.7 Å². The molecule has 1 atom stereocenters. The minimum absolute atomic E-state index is 0.190. The van der Waals surface area contributed by atoms with Gasteiger partial charge in [0.2, 0.25) is 0 Å². The Morgan fingerprint density at radius 3 is 1.39 bits per heavy atom. The van der Waals surface area contributed by atoms with Gasteiger partial charge in [-0.2, -0.15) is 13.2 Å². The van der Waals surface area contributed by atoms with Crippen LogP contribution in [0.25, 0.3) is 0 Å². The zero-order chi connectivity index (χ0) is 25.4. The Bertz CT molecular complexity index is 1150. The van der Waals surface area contributed by atoms with Crippen LogP contribution in [-0.4, -0.2) is 0 Å². The van der Waals surface area contributed by atoms with Crippen LogP contribution in [-0.2, 0) is 69.4 Å². The maximum Gasteiger partial charge on any atom is 0.416 e. The highest BCUT2D eigenvalue weighted by atomic mass is 19.4. The fraction of sp³-hybridized carbons (Fsp3) is 0.636. The fourth-order valence-electron chi connectivity index (χ4n) is 8.72. The van der Waals surface area contributed by atoms with E-state index in [1.165, 1.54) is 44.1 Å². The number of rotatable bonds is 4. The molecule has 0 bridgehead atoms. The minimum atomic E-state index is -4.22. The first-order chi connectivity index (χ1) is 17.1. The summed E-state index contributed by atoms with van der Waals surface area (Å²) in [5.74, 6) is 0.322. The standard InChI is InChI=1S/C33H41F3/c1-19(29-23-11-7-15-27(23)31(33(34,35)36)28-16-8-12-24(28)29)17-18-22-20-9-5-13-25(20)30(32(2,3)4)26-14-6-10-21(22)26/h19H,5-18H2,1-4H3. The van der Waals surface area contributed by atoms with Gasteiger partial charge in [-0.3, -0.25) is 0 Å². The average Bonchev–Trinajstić information content (AvgIpc) is 3.58. The Hall–Kier alpha value is -1.77. The topological polar surface area (TPSA) is 0 Å². The highest BCUT2D eigenvalue weighted by molar-refractivity contribution is 5.59. The molecular weight excluding hydrogens is 453 g/mol. The summed E-state index contributed by atoms with van der Waals surface area (Å²) in [6.45, 7) is 9.46. The minimum Gasteiger partial charge on any atom is -0.166 e. The lowest BCUT2D eigenvalue weighted by Crippen LogP contribution is -2.19. The van der Waals surface area contributed by atoms with Gasteiger partial charge in [-0.1, -0.05) is 27.7 Å². The predicted molar refractivity (Wildman–Crippen MR) is 141 cm³/mol. The zero-order valence-electron chi connectivity index (χ0n) is 22.6. The van der Waals surface area contributed by atoms with Crippen molar-refractivity contribution in [2.24, 2.45) is 0 Å². The molecular formula is C33H41F3. The maximum absolute atomic E-state index is 14.2. The van der Waals surface area contributed by atoms with E-state index in [1.54, 1.807) is 33.4 Å². The molecule has 2 aromatic carbocycles. The van der Waals surface area contributed by atoms with Crippen molar-refractivity contribution in [3.8, 4) is 0 Å². The molecule has 0 aliphatic heterocycles. The predicted octanol–water partition coefficient (Wildman–Crippen LogP) is 8.69. The van der Waals surface area contributed by atoms with Crippen molar-refractivity contribution in [3.63, 3.8) is 0 Å². The molecule has 0 saturated heterocycles. The molecule has 36 heavy (non-hydrogen) atoms. The van der Waals surface area contributed by atoms with Crippen LogP contribution < -0.4 is 0 Å². The molecule has 0 amide bonds. The normalized spacial score (nSPS) is 19.4. The molecule has 0 fully saturated rings. The summed E-state index contributed by atoms with van der Waals surface area (Å²) in [5.41, 5.74) is 14.6. The van der Waals surface area contributed by atoms with E-state index in [2.05, 4.69) is 27.7 Å². The van der Waals surface area contributed by atoms with E-state index < -0.39 is 6.18 Å². The van der Waals surface area contributed by atoms with Gasteiger partial charge in [0, 0.05) is 0 Å². The van der Waals surface area contributed by atoms with Crippen molar-refractivity contribution < 1.29 is 13.2 Å². The van der Waals surface area contributed by atoms with Crippen LogP contribution in [0.4, 0.5) is 13.2 Å². The summed E-state index contributed by atoms with van der Waals surface area (Å²) in [7, 11) is 0. The average molecular weight is 495 g/mol. The molecule has 6 rings (SSSR count). The third kappa shape index (κ3) is 3.78. The summed E-state index contributed by atoms with van der Waals surface area (Å²) >= 11 is 0. The number of alkyl halides is 3. The van der Waals surface area contributed by atoms with E-state index >= 15 is 0 Å². The molecule has 0 saturated carbocycles. The van der Waals surface area contributed by atoms with Gasteiger partial charge in [0.05, 0.1) is 5.56 Å². The first-order valence-corrected chi connectivity index (χ1v) is 14.5. The van der Waals surface area contributed by atoms with E-state index in [0.29, 0.717) is 29.9 Å². The van der Waals surface area contributed by atoms with Crippen LogP contribution in [0.1, 0.15) is 132 Å². The molecule has 4 aliphatic carbocycles. The maximum atomic E-state index is 14.2. The van der Waals surface area contributed by atoms with Crippen LogP contribution in [0.2, 0.25) is 0 Å². The van der Waals surface area contributed by atoms with Crippen molar-refractivity contribution in [1.29, 1.82) is 0 Å². The Morgan fingerprint density at radius 1 is 0.583 bits per heavy atom. The lowest BCUT2D eigenvalue weighted by Gasteiger charge is -2.29. The van der Waals surface area contributed by atoms with Crippen molar-refractivity contribution >= 4 is 0 Å². The Morgan fingerprint density at radius 2 is 0.972 bits per heavy atom. The lowest BCUT2D eigenvalue weighted by atomic mass is 9.75. The molecule has 0 spiro atoms. The summed E-state index contributed by atoms with van der Waals surface area (Å²) < 4.78 is 42.5. The van der Waals surface area contributed by atoms with Gasteiger partial charge in [-0.15, -0.1) is 0 Å². The summed E-state index contributed by atoms with van der Waals surface area (Å²) in [6.07, 6.45) is 9.92. The molecule has 2 aromatic rings. The smallest absolute Gasteiger partial charge is 0.166 e. The van der Waals surface area contributed by atoms with E-state index in [1.807, 2.05) is 0 Å². The van der Waals surface area contributed by atoms with E-state index in [4.69, 9.17) is 0 Å². The quantitative estimate of drug-likeness (QED) is 0.399. The van der Waals surface area contributed by atoms with Crippen molar-refractivity contribution in [3.05, 3.63) is 66.8 Å². The van der Waals surface area contributed by atoms with Gasteiger partial charge in [-0.05, 0) is 162 Å². The molecule has 1 unspecified atom stereocenters. The van der Waals surface area contributed by atoms with Gasteiger partial charge in [0.15, 0.2) is 0 Å². The molecule has 0 nitrogen and oxygen atoms in total. The monoisotopic (exact) mass is 494 g/mol. The molecule has 0 N–H and O–H groups in total. The number of hydrogen-bond acceptors (Lipinski definition) is 0. The molecule has 0 heterocycles. The third-order valence-electron chi connectivity index (χ3n) is 9.81. The van der Waals surface area contributed by atoms with Crippen LogP contribution >= 0.6 is 0 Å². The summed E-state index contributed by atoms with van der Waals surface area (Å²) in [6, 6.07) is 0. The number of halogens is 3. The van der Waals surface area contributed by atoms with Gasteiger partial charge in [-0.25, -0.2) is 0 Å². The van der Waals surface area contributed by atoms with Gasteiger partial charge in [0.1, 0.15) is 0 Å². The second-order valence-electron chi connectivity index (χ2n) is 13.1. The first kappa shape index (κ1) is 24.6. The van der Waals surface area contributed by atoms with Gasteiger partial charge >= 0.3 is 6.18 Å². The highest BCUT2D eigenvalue weighted by Crippen LogP contribution is 2.49. The second-order valence-corrected chi connectivity index (χ2v) is 13.1. The van der Waals surface area contributed by atoms with Crippen molar-refractivity contribution in [2.45, 2.75) is 135 Å². The highest BCUT2D eigenvalue weighted by Gasteiger charge is 2.42. The fourth-order valence-corrected chi connectivity index (χ4v) is 8.72. The summed E-state index contributed by atoms with van der Waals surface area (Å²) in [5, 5.41) is 0. The largest absolute Gasteiger partial charge is 0.416 e. The van der Waals surface area contributed by atoms with Gasteiger partial charge in [0.25, 0.3) is 0 Å². The zero-order valence-corrected chi connectivity index (χ0v) is 22.6. The summed E-state index contributed by atoms with van der Waals surface area (Å²) in [4.78, 5) is 0. The van der Waals surface area contributed by atoms with E-state index in [9.17, 15) is 13.2 Å². The lowest BCUT2D eigenvalue weighted by molar-refractivity contribution is -0.138. The SMILES string of the molecule is CC(CCc1c2c(c(C(C)(C)C)c3c1CCC3)CCC2)c1c2c(c(C(F)(F)F)c3c1CCC3)CCC2. The van der Waals surface area contributed by atoms with E-state index in [-0.39, 0.29) is 11.0 Å². The first-order valence-electron chi connectivity index (χ1n) is 14.5. The second kappa shape index (κ2) is 8.63. The molecule has 194 valence electrons. The Kier molecular flexibility index (Phi) is 5.89. The number of hydrogen-bond donors (Lipinski definition) is 0. The van der Waals surface area contributed by atoms with Crippen LogP contribution in [0.15, 0.2) is 0 Å². The van der Waals surface area contributed by atoms with Crippen LogP contribution in [0.5, 0.6) is 0 Å². The Labute approximate surface area is 215 Å². The van der Waals surface area contributed by atoms with Crippen molar-refractivity contribution in [1.82, 2.24) is 0 Å². The molecule has 3 heteroatoms. The Balaban J connectivity index is 1.39. The number of fused-ring (bicyclic) bond motifs is 4. The van der Waals surface area contributed by atoms with Gasteiger partial charge < -0.3 is 0 Å². The van der Waals surface area contributed by atoms with Crippen molar-refractivity contribution in [2.75, 3.05) is 0 Å². The van der Waals surface area contributed by atoms with Crippen LogP contribution in [0, 0.1) is 0 Å². The molecule has 0 aromatic heterocycles. The molecule has 0 radical (unpaired) electrons. The third-order valence-corrected chi connectivity index (χ3v) is 9.81. The number of benzene rings is 2. The van der Waals surface area contributed by atoms with Crippen LogP contribution in [0.3, 0.4) is 0 Å². The molecule has 4 aliphatic rings.